The van der Waals surface area contributed by atoms with Crippen LogP contribution in [0.4, 0.5) is 5.82 Å². The van der Waals surface area contributed by atoms with Gasteiger partial charge in [0.1, 0.15) is 5.82 Å². The SMILES string of the molecule is COCCNC(=O)CCN(c1nc(-c2ccco2)nc2ccccc12)C1CC1. The van der Waals surface area contributed by atoms with Crippen molar-refractivity contribution in [1.29, 1.82) is 0 Å². The van der Waals surface area contributed by atoms with Crippen LogP contribution in [0.25, 0.3) is 22.5 Å². The number of furan rings is 1. The minimum absolute atomic E-state index is 0.0207. The topological polar surface area (TPSA) is 80.5 Å². The Balaban J connectivity index is 1.62. The van der Waals surface area contributed by atoms with Crippen molar-refractivity contribution in [3.63, 3.8) is 0 Å². The molecular weight excluding hydrogens is 356 g/mol. The Labute approximate surface area is 163 Å². The summed E-state index contributed by atoms with van der Waals surface area (Å²) < 4.78 is 10.5. The second-order valence-corrected chi connectivity index (χ2v) is 6.88. The maximum Gasteiger partial charge on any atom is 0.221 e. The molecule has 2 heterocycles. The average molecular weight is 380 g/mol. The summed E-state index contributed by atoms with van der Waals surface area (Å²) >= 11 is 0. The van der Waals surface area contributed by atoms with Crippen LogP contribution in [0.15, 0.2) is 47.1 Å². The Hall–Kier alpha value is -2.93. The molecule has 146 valence electrons. The lowest BCUT2D eigenvalue weighted by Crippen LogP contribution is -2.34. The van der Waals surface area contributed by atoms with Gasteiger partial charge in [-0.1, -0.05) is 12.1 Å². The van der Waals surface area contributed by atoms with Crippen molar-refractivity contribution in [1.82, 2.24) is 15.3 Å². The van der Waals surface area contributed by atoms with Crippen LogP contribution in [-0.2, 0) is 9.53 Å². The number of benzene rings is 1. The Kier molecular flexibility index (Phi) is 5.53. The van der Waals surface area contributed by atoms with E-state index in [0.717, 1.165) is 29.6 Å². The first-order chi connectivity index (χ1) is 13.8. The molecule has 28 heavy (non-hydrogen) atoms. The number of ether oxygens (including phenoxy) is 1. The Morgan fingerprint density at radius 1 is 1.25 bits per heavy atom. The van der Waals surface area contributed by atoms with Crippen LogP contribution in [0.1, 0.15) is 19.3 Å². The zero-order valence-electron chi connectivity index (χ0n) is 15.9. The fraction of sp³-hybridized carbons (Fsp3) is 0.381. The molecule has 0 spiro atoms. The lowest BCUT2D eigenvalue weighted by atomic mass is 10.2. The summed E-state index contributed by atoms with van der Waals surface area (Å²) in [4.78, 5) is 23.9. The third kappa shape index (κ3) is 4.14. The highest BCUT2D eigenvalue weighted by Gasteiger charge is 2.31. The van der Waals surface area contributed by atoms with Gasteiger partial charge in [0.05, 0.1) is 18.4 Å². The van der Waals surface area contributed by atoms with Gasteiger partial charge in [-0.15, -0.1) is 0 Å². The molecule has 0 saturated heterocycles. The smallest absolute Gasteiger partial charge is 0.221 e. The molecule has 0 aliphatic heterocycles. The zero-order valence-corrected chi connectivity index (χ0v) is 15.9. The van der Waals surface area contributed by atoms with Crippen molar-refractivity contribution in [2.75, 3.05) is 31.7 Å². The minimum Gasteiger partial charge on any atom is -0.461 e. The van der Waals surface area contributed by atoms with Crippen molar-refractivity contribution in [2.45, 2.75) is 25.3 Å². The molecule has 0 radical (unpaired) electrons. The van der Waals surface area contributed by atoms with Crippen LogP contribution in [0.3, 0.4) is 0 Å². The van der Waals surface area contributed by atoms with E-state index in [4.69, 9.17) is 14.1 Å². The van der Waals surface area contributed by atoms with Gasteiger partial charge < -0.3 is 19.4 Å². The quantitative estimate of drug-likeness (QED) is 0.575. The van der Waals surface area contributed by atoms with Gasteiger partial charge in [-0.05, 0) is 37.1 Å². The van der Waals surface area contributed by atoms with Crippen molar-refractivity contribution in [2.24, 2.45) is 0 Å². The second kappa shape index (κ2) is 8.39. The van der Waals surface area contributed by atoms with E-state index in [1.165, 1.54) is 0 Å². The maximum atomic E-state index is 12.2. The molecule has 1 saturated carbocycles. The molecule has 1 aliphatic carbocycles. The number of hydrogen-bond donors (Lipinski definition) is 1. The average Bonchev–Trinajstić information content (AvgIpc) is 3.40. The van der Waals surface area contributed by atoms with Crippen LogP contribution in [-0.4, -0.2) is 48.7 Å². The van der Waals surface area contributed by atoms with Crippen LogP contribution in [0.2, 0.25) is 0 Å². The Bertz CT molecular complexity index is 938. The first-order valence-corrected chi connectivity index (χ1v) is 9.59. The molecular formula is C21H24N4O3. The van der Waals surface area contributed by atoms with E-state index in [9.17, 15) is 4.79 Å². The lowest BCUT2D eigenvalue weighted by Gasteiger charge is -2.25. The van der Waals surface area contributed by atoms with E-state index in [1.807, 2.05) is 36.4 Å². The van der Waals surface area contributed by atoms with Crippen LogP contribution < -0.4 is 10.2 Å². The number of para-hydroxylation sites is 1. The summed E-state index contributed by atoms with van der Waals surface area (Å²) in [6.07, 6.45) is 4.25. The van der Waals surface area contributed by atoms with E-state index in [2.05, 4.69) is 15.2 Å². The summed E-state index contributed by atoms with van der Waals surface area (Å²) in [5.41, 5.74) is 0.870. The molecule has 0 bridgehead atoms. The molecule has 1 fully saturated rings. The van der Waals surface area contributed by atoms with E-state index in [0.29, 0.717) is 43.7 Å². The number of methoxy groups -OCH3 is 1. The fourth-order valence-electron chi connectivity index (χ4n) is 3.25. The molecule has 1 aliphatic rings. The highest BCUT2D eigenvalue weighted by atomic mass is 16.5. The van der Waals surface area contributed by atoms with Gasteiger partial charge in [-0.2, -0.15) is 0 Å². The molecule has 2 aromatic heterocycles. The summed E-state index contributed by atoms with van der Waals surface area (Å²) in [6.45, 7) is 1.65. The highest BCUT2D eigenvalue weighted by Crippen LogP contribution is 2.35. The molecule has 3 aromatic rings. The second-order valence-electron chi connectivity index (χ2n) is 6.88. The molecule has 1 aromatic carbocycles. The van der Waals surface area contributed by atoms with Gasteiger partial charge in [0.25, 0.3) is 0 Å². The molecule has 1 N–H and O–H groups in total. The zero-order chi connectivity index (χ0) is 19.3. The van der Waals surface area contributed by atoms with Crippen molar-refractivity contribution in [3.05, 3.63) is 42.7 Å². The van der Waals surface area contributed by atoms with Gasteiger partial charge in [0.2, 0.25) is 5.91 Å². The van der Waals surface area contributed by atoms with Gasteiger partial charge in [0, 0.05) is 38.0 Å². The van der Waals surface area contributed by atoms with Gasteiger partial charge >= 0.3 is 0 Å². The molecule has 4 rings (SSSR count). The number of rotatable bonds is 9. The maximum absolute atomic E-state index is 12.2. The van der Waals surface area contributed by atoms with Crippen molar-refractivity contribution in [3.8, 4) is 11.6 Å². The van der Waals surface area contributed by atoms with Crippen molar-refractivity contribution < 1.29 is 13.9 Å². The van der Waals surface area contributed by atoms with Gasteiger partial charge in [-0.3, -0.25) is 4.79 Å². The number of carbonyl (C=O) groups is 1. The molecule has 7 heteroatoms. The van der Waals surface area contributed by atoms with E-state index < -0.39 is 0 Å². The van der Waals surface area contributed by atoms with Gasteiger partial charge in [0.15, 0.2) is 11.6 Å². The molecule has 0 unspecified atom stereocenters. The summed E-state index contributed by atoms with van der Waals surface area (Å²) in [5, 5.41) is 3.87. The molecule has 1 amide bonds. The molecule has 0 atom stereocenters. The third-order valence-corrected chi connectivity index (χ3v) is 4.79. The predicted molar refractivity (Wildman–Crippen MR) is 107 cm³/mol. The first kappa shape index (κ1) is 18.4. The molecule has 7 nitrogen and oxygen atoms in total. The van der Waals surface area contributed by atoms with Crippen LogP contribution in [0.5, 0.6) is 0 Å². The number of nitrogens with zero attached hydrogens (tertiary/aromatic N) is 3. The summed E-state index contributed by atoms with van der Waals surface area (Å²) in [5.74, 6) is 2.09. The van der Waals surface area contributed by atoms with E-state index in [1.54, 1.807) is 13.4 Å². The largest absolute Gasteiger partial charge is 0.461 e. The highest BCUT2D eigenvalue weighted by molar-refractivity contribution is 5.91. The van der Waals surface area contributed by atoms with Crippen molar-refractivity contribution >= 4 is 22.6 Å². The fourth-order valence-corrected chi connectivity index (χ4v) is 3.25. The number of fused-ring (bicyclic) bond motifs is 1. The first-order valence-electron chi connectivity index (χ1n) is 9.59. The number of anilines is 1. The Morgan fingerprint density at radius 3 is 2.86 bits per heavy atom. The Morgan fingerprint density at radius 2 is 2.11 bits per heavy atom. The number of nitrogens with one attached hydrogen (secondary N) is 1. The number of amides is 1. The third-order valence-electron chi connectivity index (χ3n) is 4.79. The van der Waals surface area contributed by atoms with E-state index >= 15 is 0 Å². The van der Waals surface area contributed by atoms with Gasteiger partial charge in [-0.25, -0.2) is 9.97 Å². The monoisotopic (exact) mass is 380 g/mol. The predicted octanol–water partition coefficient (Wildman–Crippen LogP) is 3.01. The van der Waals surface area contributed by atoms with E-state index in [-0.39, 0.29) is 5.91 Å². The summed E-state index contributed by atoms with van der Waals surface area (Å²) in [7, 11) is 1.62. The van der Waals surface area contributed by atoms with Crippen LogP contribution in [0, 0.1) is 0 Å². The summed E-state index contributed by atoms with van der Waals surface area (Å²) in [6, 6.07) is 12.1. The number of aromatic nitrogens is 2. The van der Waals surface area contributed by atoms with Crippen LogP contribution >= 0.6 is 0 Å². The number of carbonyl (C=O) groups excluding carboxylic acids is 1. The normalized spacial score (nSPS) is 13.6. The lowest BCUT2D eigenvalue weighted by molar-refractivity contribution is -0.121. The minimum atomic E-state index is 0.0207. The standard InChI is InChI=1S/C21H24N4O3/c1-27-14-11-22-19(26)10-12-25(15-8-9-15)21-16-5-2-3-6-17(16)23-20(24-21)18-7-4-13-28-18/h2-7,13,15H,8-12,14H2,1H3,(H,22,26). The number of hydrogen-bond acceptors (Lipinski definition) is 6.